The van der Waals surface area contributed by atoms with Gasteiger partial charge in [0.05, 0.1) is 11.1 Å². The summed E-state index contributed by atoms with van der Waals surface area (Å²) >= 11 is 3.83. The molecule has 68 valence electrons. The molecule has 0 radical (unpaired) electrons. The molecule has 0 bridgehead atoms. The van der Waals surface area contributed by atoms with Crippen LogP contribution in [0.3, 0.4) is 0 Å². The number of benzene rings is 1. The van der Waals surface area contributed by atoms with Gasteiger partial charge < -0.3 is 0 Å². The van der Waals surface area contributed by atoms with E-state index in [9.17, 15) is 13.2 Å². The number of hydrogen-bond acceptors (Lipinski definition) is 2. The summed E-state index contributed by atoms with van der Waals surface area (Å²) in [6.07, 6.45) is -4.41. The smallest absolute Gasteiger partial charge is 0.192 e. The van der Waals surface area contributed by atoms with Gasteiger partial charge in [0, 0.05) is 4.90 Å². The molecule has 0 saturated carbocycles. The molecular weight excluding hydrogens is 199 g/mol. The monoisotopic (exact) mass is 203 g/mol. The Bertz CT molecular complexity index is 365. The maximum Gasteiger partial charge on any atom is 0.416 e. The van der Waals surface area contributed by atoms with Crippen LogP contribution in [0, 0.1) is 11.3 Å². The normalized spacial score (nSPS) is 11.0. The number of thiol groups is 1. The largest absolute Gasteiger partial charge is 0.416 e. The van der Waals surface area contributed by atoms with Gasteiger partial charge in [-0.15, -0.1) is 12.6 Å². The molecule has 0 amide bonds. The molecule has 0 unspecified atom stereocenters. The molecule has 5 heteroatoms. The van der Waals surface area contributed by atoms with Gasteiger partial charge in [-0.2, -0.15) is 18.4 Å². The Morgan fingerprint density at radius 1 is 1.31 bits per heavy atom. The van der Waals surface area contributed by atoms with Gasteiger partial charge in [0.25, 0.3) is 0 Å². The van der Waals surface area contributed by atoms with Crippen molar-refractivity contribution in [2.24, 2.45) is 0 Å². The van der Waals surface area contributed by atoms with Gasteiger partial charge >= 0.3 is 6.18 Å². The van der Waals surface area contributed by atoms with Crippen LogP contribution < -0.4 is 0 Å². The average Bonchev–Trinajstić information content (AvgIpc) is 2.03. The summed E-state index contributed by atoms with van der Waals surface area (Å²) in [6.45, 7) is 0. The predicted octanol–water partition coefficient (Wildman–Crippen LogP) is 2.87. The summed E-state index contributed by atoms with van der Waals surface area (Å²) < 4.78 is 36.3. The van der Waals surface area contributed by atoms with E-state index >= 15 is 0 Å². The Morgan fingerprint density at radius 2 is 1.92 bits per heavy atom. The minimum atomic E-state index is -4.41. The summed E-state index contributed by atoms with van der Waals surface area (Å²) in [6, 6.07) is 4.46. The van der Waals surface area contributed by atoms with E-state index in [-0.39, 0.29) is 10.5 Å². The van der Waals surface area contributed by atoms with Crippen LogP contribution in [0.2, 0.25) is 0 Å². The van der Waals surface area contributed by atoms with E-state index in [1.807, 2.05) is 0 Å². The van der Waals surface area contributed by atoms with Crippen molar-refractivity contribution in [2.75, 3.05) is 0 Å². The van der Waals surface area contributed by atoms with Gasteiger partial charge in [-0.3, -0.25) is 0 Å². The molecular formula is C8H4F3NS. The first-order valence-corrected chi connectivity index (χ1v) is 3.70. The maximum absolute atomic E-state index is 12.1. The lowest BCUT2D eigenvalue weighted by molar-refractivity contribution is -0.137. The van der Waals surface area contributed by atoms with Gasteiger partial charge in [-0.1, -0.05) is 0 Å². The third kappa shape index (κ3) is 2.16. The zero-order chi connectivity index (χ0) is 10.1. The van der Waals surface area contributed by atoms with Crippen LogP contribution in [-0.4, -0.2) is 0 Å². The number of nitriles is 1. The van der Waals surface area contributed by atoms with Crippen molar-refractivity contribution in [3.63, 3.8) is 0 Å². The van der Waals surface area contributed by atoms with Gasteiger partial charge in [-0.25, -0.2) is 0 Å². The fourth-order valence-corrected chi connectivity index (χ4v) is 0.991. The fourth-order valence-electron chi connectivity index (χ4n) is 0.802. The van der Waals surface area contributed by atoms with E-state index in [0.29, 0.717) is 0 Å². The van der Waals surface area contributed by atoms with E-state index in [0.717, 1.165) is 18.2 Å². The quantitative estimate of drug-likeness (QED) is 0.644. The minimum Gasteiger partial charge on any atom is -0.192 e. The highest BCUT2D eigenvalue weighted by Gasteiger charge is 2.30. The lowest BCUT2D eigenvalue weighted by Crippen LogP contribution is -2.04. The van der Waals surface area contributed by atoms with E-state index in [2.05, 4.69) is 12.6 Å². The van der Waals surface area contributed by atoms with E-state index in [1.165, 1.54) is 0 Å². The van der Waals surface area contributed by atoms with Crippen LogP contribution in [0.5, 0.6) is 0 Å². The van der Waals surface area contributed by atoms with Gasteiger partial charge in [0.2, 0.25) is 0 Å². The molecule has 1 aromatic rings. The lowest BCUT2D eigenvalue weighted by Gasteiger charge is -2.06. The van der Waals surface area contributed by atoms with Crippen molar-refractivity contribution in [1.29, 1.82) is 5.26 Å². The summed E-state index contributed by atoms with van der Waals surface area (Å²) in [7, 11) is 0. The standard InChI is InChI=1S/C8H4F3NS/c9-8(10,11)6-1-2-7(13)5(3-6)4-12/h1-3,13H. The minimum absolute atomic E-state index is 0.0711. The Kier molecular flexibility index (Phi) is 2.52. The van der Waals surface area contributed by atoms with Crippen LogP contribution in [0.1, 0.15) is 11.1 Å². The highest BCUT2D eigenvalue weighted by molar-refractivity contribution is 7.80. The summed E-state index contributed by atoms with van der Waals surface area (Å²) in [5.41, 5.74) is -0.903. The molecule has 0 aliphatic carbocycles. The van der Waals surface area contributed by atoms with Crippen molar-refractivity contribution in [3.8, 4) is 6.07 Å². The second-order valence-electron chi connectivity index (χ2n) is 2.34. The third-order valence-corrected chi connectivity index (χ3v) is 1.83. The Hall–Kier alpha value is -1.15. The highest BCUT2D eigenvalue weighted by atomic mass is 32.1. The fraction of sp³-hybridized carbons (Fsp3) is 0.125. The average molecular weight is 203 g/mol. The van der Waals surface area contributed by atoms with Crippen LogP contribution in [0.15, 0.2) is 23.1 Å². The second-order valence-corrected chi connectivity index (χ2v) is 2.82. The SMILES string of the molecule is N#Cc1cc(C(F)(F)F)ccc1S. The van der Waals surface area contributed by atoms with Crippen molar-refractivity contribution in [1.82, 2.24) is 0 Å². The molecule has 0 spiro atoms. The molecule has 0 fully saturated rings. The molecule has 0 saturated heterocycles. The van der Waals surface area contributed by atoms with Crippen molar-refractivity contribution in [2.45, 2.75) is 11.1 Å². The zero-order valence-corrected chi connectivity index (χ0v) is 7.15. The maximum atomic E-state index is 12.1. The van der Waals surface area contributed by atoms with Crippen molar-refractivity contribution in [3.05, 3.63) is 29.3 Å². The van der Waals surface area contributed by atoms with Crippen molar-refractivity contribution >= 4 is 12.6 Å². The first-order valence-electron chi connectivity index (χ1n) is 3.25. The topological polar surface area (TPSA) is 23.8 Å². The Morgan fingerprint density at radius 3 is 2.38 bits per heavy atom. The summed E-state index contributed by atoms with van der Waals surface area (Å²) in [5, 5.41) is 8.44. The molecule has 1 nitrogen and oxygen atoms in total. The van der Waals surface area contributed by atoms with Crippen LogP contribution in [-0.2, 0) is 6.18 Å². The third-order valence-electron chi connectivity index (χ3n) is 1.44. The van der Waals surface area contributed by atoms with Crippen LogP contribution >= 0.6 is 12.6 Å². The van der Waals surface area contributed by atoms with E-state index in [4.69, 9.17) is 5.26 Å². The molecule has 0 aliphatic rings. The van der Waals surface area contributed by atoms with Gasteiger partial charge in [0.15, 0.2) is 0 Å². The molecule has 0 aliphatic heterocycles. The number of halogens is 3. The second kappa shape index (κ2) is 3.30. The summed E-state index contributed by atoms with van der Waals surface area (Å²) in [5.74, 6) is 0. The molecule has 1 rings (SSSR count). The number of nitrogens with zero attached hydrogens (tertiary/aromatic N) is 1. The highest BCUT2D eigenvalue weighted by Crippen LogP contribution is 2.30. The molecule has 1 aromatic carbocycles. The number of hydrogen-bond donors (Lipinski definition) is 1. The molecule has 0 atom stereocenters. The first-order chi connectivity index (χ1) is 5.95. The zero-order valence-electron chi connectivity index (χ0n) is 6.26. The van der Waals surface area contributed by atoms with Gasteiger partial charge in [0.1, 0.15) is 6.07 Å². The van der Waals surface area contributed by atoms with Crippen molar-refractivity contribution < 1.29 is 13.2 Å². The summed E-state index contributed by atoms with van der Waals surface area (Å²) in [4.78, 5) is 0.246. The Labute approximate surface area is 78.2 Å². The molecule has 0 N–H and O–H groups in total. The number of rotatable bonds is 0. The Balaban J connectivity index is 3.24. The lowest BCUT2D eigenvalue weighted by atomic mass is 10.1. The molecule has 0 aromatic heterocycles. The molecule has 13 heavy (non-hydrogen) atoms. The number of alkyl halides is 3. The van der Waals surface area contributed by atoms with Gasteiger partial charge in [-0.05, 0) is 18.2 Å². The van der Waals surface area contributed by atoms with E-state index < -0.39 is 11.7 Å². The predicted molar refractivity (Wildman–Crippen MR) is 43.4 cm³/mol. The van der Waals surface area contributed by atoms with Crippen LogP contribution in [0.25, 0.3) is 0 Å². The van der Waals surface area contributed by atoms with E-state index in [1.54, 1.807) is 6.07 Å². The molecule has 0 heterocycles. The first kappa shape index (κ1) is 9.93. The van der Waals surface area contributed by atoms with Crippen LogP contribution in [0.4, 0.5) is 13.2 Å².